The normalized spacial score (nSPS) is 14.9. The molecule has 1 saturated heterocycles. The van der Waals surface area contributed by atoms with Crippen molar-refractivity contribution in [2.45, 2.75) is 277 Å². The fourth-order valence-corrected chi connectivity index (χ4v) is 9.18. The zero-order chi connectivity index (χ0) is 49.0. The van der Waals surface area contributed by atoms with Crippen LogP contribution in [0, 0.1) is 0 Å². The lowest BCUT2D eigenvalue weighted by molar-refractivity contribution is -0.151. The van der Waals surface area contributed by atoms with Crippen molar-refractivity contribution >= 4 is 23.9 Å². The Balaban J connectivity index is 1.71. The van der Waals surface area contributed by atoms with Crippen LogP contribution in [0.15, 0.2) is 30.3 Å². The quantitative estimate of drug-likeness (QED) is 0.0355. The third-order valence-corrected chi connectivity index (χ3v) is 13.4. The molecule has 1 aliphatic heterocycles. The smallest absolute Gasteiger partial charge is 0.323 e. The van der Waals surface area contributed by atoms with Gasteiger partial charge in [-0.3, -0.25) is 24.1 Å². The molecule has 0 aliphatic carbocycles. The van der Waals surface area contributed by atoms with Crippen molar-refractivity contribution in [3.05, 3.63) is 35.9 Å². The first-order chi connectivity index (χ1) is 33.4. The molecule has 0 bridgehead atoms. The maximum atomic E-state index is 13.5. The molecular weight excluding hydrogens is 855 g/mol. The number of ether oxygens (including phenoxy) is 5. The highest BCUT2D eigenvalue weighted by molar-refractivity contribution is 5.76. The van der Waals surface area contributed by atoms with Gasteiger partial charge in [0.05, 0.1) is 19.8 Å². The first-order valence-electron chi connectivity index (χ1n) is 28.4. The molecule has 0 N–H and O–H groups in total. The molecule has 0 saturated carbocycles. The molecule has 10 heteroatoms. The molecular formula is C58H101NO9. The van der Waals surface area contributed by atoms with E-state index in [-0.39, 0.29) is 42.5 Å². The molecule has 0 spiro atoms. The number of carbonyl (C=O) groups excluding carboxylic acids is 4. The molecule has 392 valence electrons. The number of carbonyl (C=O) groups is 4. The van der Waals surface area contributed by atoms with E-state index in [1.807, 2.05) is 30.3 Å². The highest BCUT2D eigenvalue weighted by Gasteiger charge is 2.39. The molecule has 1 fully saturated rings. The molecule has 0 amide bonds. The van der Waals surface area contributed by atoms with Crippen LogP contribution >= 0.6 is 0 Å². The fraction of sp³-hybridized carbons (Fsp3) is 0.828. The van der Waals surface area contributed by atoms with Crippen LogP contribution in [0.3, 0.4) is 0 Å². The summed E-state index contributed by atoms with van der Waals surface area (Å²) in [6.07, 6.45) is 36.7. The molecule has 1 aromatic carbocycles. The highest BCUT2D eigenvalue weighted by Crippen LogP contribution is 2.24. The van der Waals surface area contributed by atoms with E-state index in [0.29, 0.717) is 65.2 Å². The summed E-state index contributed by atoms with van der Waals surface area (Å²) in [6.45, 7) is 9.71. The lowest BCUT2D eigenvalue weighted by Gasteiger charge is -2.22. The number of hydrogen-bond donors (Lipinski definition) is 0. The van der Waals surface area contributed by atoms with Crippen molar-refractivity contribution in [1.82, 2.24) is 4.90 Å². The summed E-state index contributed by atoms with van der Waals surface area (Å²) in [5.41, 5.74) is 1.10. The number of hydrogen-bond acceptors (Lipinski definition) is 10. The van der Waals surface area contributed by atoms with Crippen LogP contribution in [-0.4, -0.2) is 79.9 Å². The average molecular weight is 956 g/mol. The van der Waals surface area contributed by atoms with Crippen LogP contribution in [0.1, 0.15) is 257 Å². The van der Waals surface area contributed by atoms with Gasteiger partial charge >= 0.3 is 23.9 Å². The minimum absolute atomic E-state index is 0.0535. The molecule has 68 heavy (non-hydrogen) atoms. The summed E-state index contributed by atoms with van der Waals surface area (Å²) < 4.78 is 29.0. The second kappa shape index (κ2) is 44.0. The number of esters is 4. The summed E-state index contributed by atoms with van der Waals surface area (Å²) in [4.78, 5) is 53.6. The van der Waals surface area contributed by atoms with Crippen molar-refractivity contribution in [3.63, 3.8) is 0 Å². The van der Waals surface area contributed by atoms with Crippen LogP contribution in [0.2, 0.25) is 0 Å². The Labute approximate surface area is 415 Å². The van der Waals surface area contributed by atoms with Gasteiger partial charge in [0, 0.05) is 38.8 Å². The highest BCUT2D eigenvalue weighted by atomic mass is 16.6. The monoisotopic (exact) mass is 956 g/mol. The molecule has 0 radical (unpaired) electrons. The van der Waals surface area contributed by atoms with Crippen molar-refractivity contribution in [2.24, 2.45) is 0 Å². The van der Waals surface area contributed by atoms with Gasteiger partial charge in [-0.1, -0.05) is 192 Å². The van der Waals surface area contributed by atoms with Gasteiger partial charge in [-0.05, 0) is 76.3 Å². The van der Waals surface area contributed by atoms with Crippen LogP contribution in [0.25, 0.3) is 0 Å². The molecule has 0 aromatic heterocycles. The zero-order valence-electron chi connectivity index (χ0n) is 43.9. The van der Waals surface area contributed by atoms with Crippen LogP contribution < -0.4 is 0 Å². The second-order valence-corrected chi connectivity index (χ2v) is 19.8. The lowest BCUT2D eigenvalue weighted by Crippen LogP contribution is -2.38. The topological polar surface area (TPSA) is 118 Å². The first kappa shape index (κ1) is 61.1. The Morgan fingerprint density at radius 2 is 1.00 bits per heavy atom. The second-order valence-electron chi connectivity index (χ2n) is 19.8. The summed E-state index contributed by atoms with van der Waals surface area (Å²) in [7, 11) is 0. The first-order valence-corrected chi connectivity index (χ1v) is 28.4. The maximum Gasteiger partial charge on any atom is 0.323 e. The SMILES string of the molecule is CCCCCCCCCCCOC(=O)CCCCCN1CC(OC(=O)CCCOCc2ccccc2)C[C@H]1C(=O)OCCCCCCCC(=O)OC(CCCCCCCC)CCCCCCCC. The van der Waals surface area contributed by atoms with E-state index in [1.54, 1.807) is 0 Å². The summed E-state index contributed by atoms with van der Waals surface area (Å²) in [5, 5.41) is 0. The van der Waals surface area contributed by atoms with Crippen molar-refractivity contribution < 1.29 is 42.9 Å². The average Bonchev–Trinajstić information content (AvgIpc) is 3.74. The van der Waals surface area contributed by atoms with Crippen LogP contribution in [0.5, 0.6) is 0 Å². The van der Waals surface area contributed by atoms with Gasteiger partial charge in [0.1, 0.15) is 18.2 Å². The van der Waals surface area contributed by atoms with Gasteiger partial charge in [-0.15, -0.1) is 0 Å². The predicted octanol–water partition coefficient (Wildman–Crippen LogP) is 14.9. The van der Waals surface area contributed by atoms with Gasteiger partial charge in [-0.25, -0.2) is 0 Å². The van der Waals surface area contributed by atoms with Gasteiger partial charge in [0.25, 0.3) is 0 Å². The minimum atomic E-state index is -0.472. The summed E-state index contributed by atoms with van der Waals surface area (Å²) in [6, 6.07) is 9.49. The van der Waals surface area contributed by atoms with E-state index >= 15 is 0 Å². The standard InChI is InChI=1S/C58H101NO9/c1-4-7-10-13-16-17-18-23-34-46-65-55(60)41-32-26-33-44-59-49-53(68-57(62)43-36-45-64-50-51-37-27-25-28-38-51)48-54(59)58(63)66-47-35-24-19-22-31-42-56(61)67-52(39-29-20-14-11-8-5-2)40-30-21-15-12-9-6-3/h25,27-28,37-38,52-54H,4-24,26,29-36,39-50H2,1-3H3/t53?,54-/m0/s1. The zero-order valence-corrected chi connectivity index (χ0v) is 43.9. The number of unbranched alkanes of at least 4 members (excludes halogenated alkanes) is 24. The van der Waals surface area contributed by atoms with Crippen molar-refractivity contribution in [1.29, 1.82) is 0 Å². The minimum Gasteiger partial charge on any atom is -0.466 e. The fourth-order valence-electron chi connectivity index (χ4n) is 9.18. The number of likely N-dealkylation sites (tertiary alicyclic amines) is 1. The molecule has 1 unspecified atom stereocenters. The Kier molecular flexibility index (Phi) is 39.6. The van der Waals surface area contributed by atoms with Crippen molar-refractivity contribution in [2.75, 3.05) is 32.9 Å². The Morgan fingerprint density at radius 3 is 1.59 bits per heavy atom. The van der Waals surface area contributed by atoms with E-state index in [2.05, 4.69) is 25.7 Å². The molecule has 2 atom stereocenters. The Bertz CT molecular complexity index is 1340. The van der Waals surface area contributed by atoms with Gasteiger partial charge in [0.15, 0.2) is 0 Å². The molecule has 1 aromatic rings. The van der Waals surface area contributed by atoms with Crippen LogP contribution in [-0.2, 0) is 49.5 Å². The van der Waals surface area contributed by atoms with E-state index in [0.717, 1.165) is 95.5 Å². The van der Waals surface area contributed by atoms with Crippen molar-refractivity contribution in [3.8, 4) is 0 Å². The summed E-state index contributed by atoms with van der Waals surface area (Å²) in [5.74, 6) is -0.728. The van der Waals surface area contributed by atoms with Crippen LogP contribution in [0.4, 0.5) is 0 Å². The Hall–Kier alpha value is -2.98. The third kappa shape index (κ3) is 34.3. The van der Waals surface area contributed by atoms with E-state index < -0.39 is 6.04 Å². The van der Waals surface area contributed by atoms with E-state index in [1.165, 1.54) is 109 Å². The predicted molar refractivity (Wildman–Crippen MR) is 276 cm³/mol. The van der Waals surface area contributed by atoms with Gasteiger partial charge < -0.3 is 23.7 Å². The number of nitrogens with zero attached hydrogens (tertiary/aromatic N) is 1. The summed E-state index contributed by atoms with van der Waals surface area (Å²) >= 11 is 0. The molecule has 2 rings (SSSR count). The molecule has 1 aliphatic rings. The number of benzene rings is 1. The molecule has 1 heterocycles. The lowest BCUT2D eigenvalue weighted by atomic mass is 10.0. The Morgan fingerprint density at radius 1 is 0.515 bits per heavy atom. The third-order valence-electron chi connectivity index (χ3n) is 13.4. The maximum absolute atomic E-state index is 13.5. The largest absolute Gasteiger partial charge is 0.466 e. The van der Waals surface area contributed by atoms with Gasteiger partial charge in [0.2, 0.25) is 0 Å². The van der Waals surface area contributed by atoms with E-state index in [9.17, 15) is 19.2 Å². The van der Waals surface area contributed by atoms with E-state index in [4.69, 9.17) is 23.7 Å². The van der Waals surface area contributed by atoms with Gasteiger partial charge in [-0.2, -0.15) is 0 Å². The number of rotatable bonds is 47. The molecule has 10 nitrogen and oxygen atoms in total.